The third-order valence-corrected chi connectivity index (χ3v) is 5.69. The van der Waals surface area contributed by atoms with Gasteiger partial charge in [-0.05, 0) is 36.4 Å². The number of hydrazine groups is 1. The maximum Gasteiger partial charge on any atom is 0.273 e. The molecule has 0 aliphatic heterocycles. The van der Waals surface area contributed by atoms with Crippen LogP contribution in [0.5, 0.6) is 0 Å². The Morgan fingerprint density at radius 1 is 0.903 bits per heavy atom. The monoisotopic (exact) mass is 430 g/mol. The molecule has 0 atom stereocenters. The molecule has 0 saturated carbocycles. The zero-order valence-corrected chi connectivity index (χ0v) is 17.6. The number of aryl methyl sites for hydroxylation is 1. The van der Waals surface area contributed by atoms with E-state index in [1.807, 2.05) is 72.1 Å². The Hall–Kier alpha value is -3.71. The van der Waals surface area contributed by atoms with Crippen LogP contribution < -0.4 is 10.9 Å². The summed E-state index contributed by atoms with van der Waals surface area (Å²) in [6, 6.07) is 23.1. The third-order valence-electron chi connectivity index (χ3n) is 4.75. The van der Waals surface area contributed by atoms with Crippen molar-refractivity contribution in [2.75, 3.05) is 0 Å². The topological polar surface area (TPSA) is 76.0 Å². The fraction of sp³-hybridized carbons (Fsp3) is 0.125. The van der Waals surface area contributed by atoms with Gasteiger partial charge in [0.05, 0.1) is 11.3 Å². The number of carbonyl (C=O) groups excluding carboxylic acids is 2. The van der Waals surface area contributed by atoms with Crippen LogP contribution in [0.25, 0.3) is 16.9 Å². The molecule has 2 heterocycles. The van der Waals surface area contributed by atoms with E-state index in [9.17, 15) is 9.59 Å². The van der Waals surface area contributed by atoms with Crippen LogP contribution >= 0.6 is 11.3 Å². The van der Waals surface area contributed by atoms with E-state index in [-0.39, 0.29) is 5.91 Å². The van der Waals surface area contributed by atoms with Crippen molar-refractivity contribution in [3.63, 3.8) is 0 Å². The summed E-state index contributed by atoms with van der Waals surface area (Å²) in [5.74, 6) is -0.630. The van der Waals surface area contributed by atoms with Gasteiger partial charge in [-0.25, -0.2) is 4.68 Å². The van der Waals surface area contributed by atoms with Gasteiger partial charge in [0.2, 0.25) is 5.91 Å². The zero-order valence-electron chi connectivity index (χ0n) is 16.8. The lowest BCUT2D eigenvalue weighted by Crippen LogP contribution is -2.41. The van der Waals surface area contributed by atoms with Gasteiger partial charge in [-0.1, -0.05) is 54.6 Å². The molecule has 0 fully saturated rings. The van der Waals surface area contributed by atoms with Crippen molar-refractivity contribution >= 4 is 23.2 Å². The molecule has 2 amide bonds. The van der Waals surface area contributed by atoms with Crippen LogP contribution in [-0.2, 0) is 11.2 Å². The predicted octanol–water partition coefficient (Wildman–Crippen LogP) is 4.38. The Labute approximate surface area is 184 Å². The van der Waals surface area contributed by atoms with Crippen molar-refractivity contribution in [1.82, 2.24) is 20.6 Å². The number of aromatic nitrogens is 2. The molecule has 0 bridgehead atoms. The molecule has 6 nitrogen and oxygen atoms in total. The van der Waals surface area contributed by atoms with Gasteiger partial charge in [-0.2, -0.15) is 5.10 Å². The maximum atomic E-state index is 12.9. The number of benzene rings is 2. The normalized spacial score (nSPS) is 10.6. The summed E-state index contributed by atoms with van der Waals surface area (Å²) in [6.45, 7) is 0. The van der Waals surface area contributed by atoms with Gasteiger partial charge in [0.25, 0.3) is 5.91 Å². The molecule has 31 heavy (non-hydrogen) atoms. The molecule has 0 radical (unpaired) electrons. The summed E-state index contributed by atoms with van der Waals surface area (Å²) in [5, 5.41) is 6.64. The van der Waals surface area contributed by atoms with Crippen molar-refractivity contribution in [2.45, 2.75) is 19.3 Å². The Balaban J connectivity index is 1.45. The van der Waals surface area contributed by atoms with E-state index >= 15 is 0 Å². The van der Waals surface area contributed by atoms with Crippen LogP contribution in [0.15, 0.2) is 84.4 Å². The second kappa shape index (κ2) is 9.86. The molecule has 2 N–H and O–H groups in total. The number of rotatable bonds is 7. The zero-order chi connectivity index (χ0) is 21.5. The first-order valence-corrected chi connectivity index (χ1v) is 10.9. The molecule has 7 heteroatoms. The van der Waals surface area contributed by atoms with Gasteiger partial charge in [-0.15, -0.1) is 11.3 Å². The van der Waals surface area contributed by atoms with Crippen molar-refractivity contribution in [3.05, 3.63) is 94.8 Å². The summed E-state index contributed by atoms with van der Waals surface area (Å²) in [7, 11) is 0. The fourth-order valence-corrected chi connectivity index (χ4v) is 3.95. The van der Waals surface area contributed by atoms with Crippen LogP contribution in [0.4, 0.5) is 0 Å². The predicted molar refractivity (Wildman–Crippen MR) is 122 cm³/mol. The summed E-state index contributed by atoms with van der Waals surface area (Å²) in [4.78, 5) is 26.3. The van der Waals surface area contributed by atoms with Crippen molar-refractivity contribution in [3.8, 4) is 16.9 Å². The molecule has 4 rings (SSSR count). The van der Waals surface area contributed by atoms with Crippen LogP contribution in [0.2, 0.25) is 0 Å². The van der Waals surface area contributed by atoms with Gasteiger partial charge in [-0.3, -0.25) is 20.4 Å². The van der Waals surface area contributed by atoms with Crippen LogP contribution in [0.1, 0.15) is 28.1 Å². The fourth-order valence-electron chi connectivity index (χ4n) is 3.20. The number of nitrogens with zero attached hydrogens (tertiary/aromatic N) is 2. The number of hydrogen-bond acceptors (Lipinski definition) is 4. The Bertz CT molecular complexity index is 1140. The van der Waals surface area contributed by atoms with E-state index in [2.05, 4.69) is 22.0 Å². The summed E-state index contributed by atoms with van der Waals surface area (Å²) in [5.41, 5.74) is 7.65. The lowest BCUT2D eigenvalue weighted by atomic mass is 10.1. The second-order valence-electron chi connectivity index (χ2n) is 6.97. The maximum absolute atomic E-state index is 12.9. The summed E-state index contributed by atoms with van der Waals surface area (Å²) in [6.07, 6.45) is 3.59. The van der Waals surface area contributed by atoms with Gasteiger partial charge < -0.3 is 0 Å². The average molecular weight is 431 g/mol. The Morgan fingerprint density at radius 3 is 2.35 bits per heavy atom. The van der Waals surface area contributed by atoms with Crippen LogP contribution in [0.3, 0.4) is 0 Å². The molecule has 4 aromatic rings. The molecular weight excluding hydrogens is 408 g/mol. The van der Waals surface area contributed by atoms with E-state index in [0.29, 0.717) is 17.7 Å². The van der Waals surface area contributed by atoms with Crippen LogP contribution in [-0.4, -0.2) is 21.6 Å². The van der Waals surface area contributed by atoms with E-state index < -0.39 is 5.91 Å². The average Bonchev–Trinajstić information content (AvgIpc) is 3.49. The minimum Gasteiger partial charge on any atom is -0.273 e. The highest BCUT2D eigenvalue weighted by molar-refractivity contribution is 7.09. The van der Waals surface area contributed by atoms with Crippen molar-refractivity contribution < 1.29 is 9.59 Å². The van der Waals surface area contributed by atoms with Crippen LogP contribution in [0, 0.1) is 0 Å². The summed E-state index contributed by atoms with van der Waals surface area (Å²) < 4.78 is 1.67. The molecule has 2 aromatic heterocycles. The molecule has 2 aromatic carbocycles. The van der Waals surface area contributed by atoms with E-state index in [1.165, 1.54) is 4.88 Å². The van der Waals surface area contributed by atoms with E-state index in [1.54, 1.807) is 22.2 Å². The Morgan fingerprint density at radius 2 is 1.65 bits per heavy atom. The lowest BCUT2D eigenvalue weighted by Gasteiger charge is -2.07. The molecule has 0 spiro atoms. The molecule has 0 aliphatic rings. The number of nitrogens with one attached hydrogen (secondary N) is 2. The lowest BCUT2D eigenvalue weighted by molar-refractivity contribution is -0.121. The number of carbonyl (C=O) groups is 2. The molecule has 0 aliphatic carbocycles. The standard InChI is InChI=1S/C24H22N4O2S/c29-22(15-7-13-20-14-8-16-31-20)25-26-24(30)21-17-28(19-11-5-2-6-12-19)27-23(21)18-9-3-1-4-10-18/h1-6,8-12,14,16-17H,7,13,15H2,(H,25,29)(H,26,30). The molecular formula is C24H22N4O2S. The van der Waals surface area contributed by atoms with Crippen molar-refractivity contribution in [1.29, 1.82) is 0 Å². The quantitative estimate of drug-likeness (QED) is 0.427. The first-order chi connectivity index (χ1) is 15.2. The van der Waals surface area contributed by atoms with E-state index in [0.717, 1.165) is 24.1 Å². The minimum absolute atomic E-state index is 0.221. The van der Waals surface area contributed by atoms with Gasteiger partial charge >= 0.3 is 0 Å². The summed E-state index contributed by atoms with van der Waals surface area (Å²) >= 11 is 1.68. The smallest absolute Gasteiger partial charge is 0.273 e. The SMILES string of the molecule is O=C(CCCc1cccs1)NNC(=O)c1cn(-c2ccccc2)nc1-c1ccccc1. The third kappa shape index (κ3) is 5.26. The number of para-hydroxylation sites is 1. The highest BCUT2D eigenvalue weighted by Gasteiger charge is 2.19. The Kier molecular flexibility index (Phi) is 6.54. The van der Waals surface area contributed by atoms with Gasteiger partial charge in [0.15, 0.2) is 0 Å². The minimum atomic E-state index is -0.410. The highest BCUT2D eigenvalue weighted by Crippen LogP contribution is 2.23. The largest absolute Gasteiger partial charge is 0.273 e. The molecule has 156 valence electrons. The van der Waals surface area contributed by atoms with Crippen molar-refractivity contribution in [2.24, 2.45) is 0 Å². The second-order valence-corrected chi connectivity index (χ2v) is 8.00. The number of hydrogen-bond donors (Lipinski definition) is 2. The molecule has 0 unspecified atom stereocenters. The number of thiophene rings is 1. The van der Waals surface area contributed by atoms with Gasteiger partial charge in [0, 0.05) is 23.1 Å². The first kappa shape index (κ1) is 20.6. The van der Waals surface area contributed by atoms with E-state index in [4.69, 9.17) is 0 Å². The highest BCUT2D eigenvalue weighted by atomic mass is 32.1. The number of amides is 2. The van der Waals surface area contributed by atoms with Gasteiger partial charge in [0.1, 0.15) is 5.69 Å². The first-order valence-electron chi connectivity index (χ1n) is 10.0. The molecule has 0 saturated heterocycles.